The molecule has 0 saturated heterocycles. The van der Waals surface area contributed by atoms with Crippen LogP contribution in [0.4, 0.5) is 0 Å². The van der Waals surface area contributed by atoms with E-state index in [0.717, 1.165) is 5.92 Å². The van der Waals surface area contributed by atoms with Gasteiger partial charge in [0, 0.05) is 0 Å². The standard InChI is InChI=1S/C22H22Se2/c1-4-10-19(11-5-1)16-20(17-23-21-12-6-2-7-13-21)18-24-22-14-8-3-9-15-22/h1-15,20H,16-18H2. The van der Waals surface area contributed by atoms with Gasteiger partial charge in [-0.25, -0.2) is 0 Å². The van der Waals surface area contributed by atoms with Crippen molar-refractivity contribution in [2.24, 2.45) is 5.92 Å². The summed E-state index contributed by atoms with van der Waals surface area (Å²) in [7, 11) is 0. The van der Waals surface area contributed by atoms with Crippen LogP contribution >= 0.6 is 0 Å². The molecule has 0 atom stereocenters. The van der Waals surface area contributed by atoms with Gasteiger partial charge in [-0.3, -0.25) is 0 Å². The Bertz CT molecular complexity index is 652. The zero-order valence-electron chi connectivity index (χ0n) is 13.7. The Morgan fingerprint density at radius 3 is 1.42 bits per heavy atom. The summed E-state index contributed by atoms with van der Waals surface area (Å²) in [5.74, 6) is 0.785. The molecule has 0 fully saturated rings. The SMILES string of the molecule is c1ccc(CC(C[Se]c2ccccc2)C[Se]c2ccccc2)cc1. The Morgan fingerprint density at radius 2 is 0.958 bits per heavy atom. The van der Waals surface area contributed by atoms with Crippen LogP contribution in [0.15, 0.2) is 91.0 Å². The predicted molar refractivity (Wildman–Crippen MR) is 107 cm³/mol. The van der Waals surface area contributed by atoms with Gasteiger partial charge < -0.3 is 0 Å². The summed E-state index contributed by atoms with van der Waals surface area (Å²) in [6, 6.07) is 33.0. The fraction of sp³-hybridized carbons (Fsp3) is 0.182. The molecule has 0 bridgehead atoms. The zero-order chi connectivity index (χ0) is 16.5. The summed E-state index contributed by atoms with van der Waals surface area (Å²) in [5, 5.41) is 2.67. The first-order chi connectivity index (χ1) is 11.9. The van der Waals surface area contributed by atoms with E-state index in [-0.39, 0.29) is 0 Å². The second-order valence-electron chi connectivity index (χ2n) is 5.80. The van der Waals surface area contributed by atoms with Crippen molar-refractivity contribution in [3.8, 4) is 0 Å². The fourth-order valence-electron chi connectivity index (χ4n) is 2.57. The molecule has 3 aromatic carbocycles. The molecule has 0 N–H and O–H groups in total. The Hall–Kier alpha value is -1.30. The summed E-state index contributed by atoms with van der Waals surface area (Å²) in [5.41, 5.74) is 1.48. The number of benzene rings is 3. The first kappa shape index (κ1) is 17.5. The molecule has 2 heteroatoms. The second kappa shape index (κ2) is 9.86. The molecule has 0 aliphatic rings. The van der Waals surface area contributed by atoms with Crippen molar-refractivity contribution in [3.63, 3.8) is 0 Å². The van der Waals surface area contributed by atoms with Gasteiger partial charge in [0.1, 0.15) is 0 Å². The Morgan fingerprint density at radius 1 is 0.542 bits per heavy atom. The summed E-state index contributed by atoms with van der Waals surface area (Å²) >= 11 is 1.15. The molecule has 0 aliphatic carbocycles. The molecule has 3 aromatic rings. The molecule has 0 aliphatic heterocycles. The van der Waals surface area contributed by atoms with Crippen molar-refractivity contribution in [3.05, 3.63) is 96.6 Å². The molecule has 3 rings (SSSR count). The Kier molecular flexibility index (Phi) is 7.20. The Labute approximate surface area is 158 Å². The average molecular weight is 444 g/mol. The normalized spacial score (nSPS) is 10.9. The van der Waals surface area contributed by atoms with Crippen LogP contribution in [0.5, 0.6) is 0 Å². The van der Waals surface area contributed by atoms with E-state index >= 15 is 0 Å². The maximum absolute atomic E-state index is 2.28. The summed E-state index contributed by atoms with van der Waals surface area (Å²) in [4.78, 5) is 0. The van der Waals surface area contributed by atoms with Crippen LogP contribution in [0.3, 0.4) is 0 Å². The van der Waals surface area contributed by atoms with E-state index in [1.807, 2.05) is 0 Å². The molecular formula is C22H22Se2. The predicted octanol–water partition coefficient (Wildman–Crippen LogP) is 3.74. The van der Waals surface area contributed by atoms with Crippen molar-refractivity contribution in [2.75, 3.05) is 0 Å². The minimum atomic E-state index is 0.577. The third-order valence-corrected chi connectivity index (χ3v) is 9.04. The maximum atomic E-state index is 2.28. The van der Waals surface area contributed by atoms with Crippen LogP contribution in [0.25, 0.3) is 0 Å². The summed E-state index contributed by atoms with van der Waals surface area (Å²) in [6.07, 6.45) is 1.21. The van der Waals surface area contributed by atoms with E-state index in [0.29, 0.717) is 29.9 Å². The van der Waals surface area contributed by atoms with Crippen LogP contribution in [0.2, 0.25) is 10.6 Å². The first-order valence-electron chi connectivity index (χ1n) is 8.30. The molecule has 0 radical (unpaired) electrons. The van der Waals surface area contributed by atoms with Crippen LogP contribution in [0, 0.1) is 5.92 Å². The van der Waals surface area contributed by atoms with Crippen LogP contribution in [-0.4, -0.2) is 29.9 Å². The molecule has 24 heavy (non-hydrogen) atoms. The van der Waals surface area contributed by atoms with Crippen molar-refractivity contribution < 1.29 is 0 Å². The first-order valence-corrected chi connectivity index (χ1v) is 12.4. The van der Waals surface area contributed by atoms with Gasteiger partial charge in [-0.05, 0) is 0 Å². The van der Waals surface area contributed by atoms with Crippen molar-refractivity contribution >= 4 is 38.8 Å². The van der Waals surface area contributed by atoms with Gasteiger partial charge in [-0.2, -0.15) is 0 Å². The Balaban J connectivity index is 1.61. The molecule has 0 aromatic heterocycles. The van der Waals surface area contributed by atoms with Gasteiger partial charge in [0.15, 0.2) is 0 Å². The van der Waals surface area contributed by atoms with Crippen molar-refractivity contribution in [1.82, 2.24) is 0 Å². The molecule has 0 spiro atoms. The van der Waals surface area contributed by atoms with Crippen molar-refractivity contribution in [1.29, 1.82) is 0 Å². The third kappa shape index (κ3) is 5.96. The van der Waals surface area contributed by atoms with Crippen LogP contribution < -0.4 is 8.92 Å². The number of hydrogen-bond acceptors (Lipinski definition) is 0. The van der Waals surface area contributed by atoms with Gasteiger partial charge in [0.05, 0.1) is 0 Å². The van der Waals surface area contributed by atoms with E-state index in [1.165, 1.54) is 31.5 Å². The third-order valence-electron chi connectivity index (χ3n) is 3.83. The molecule has 0 amide bonds. The van der Waals surface area contributed by atoms with E-state index in [2.05, 4.69) is 91.0 Å². The minimum absolute atomic E-state index is 0.577. The molecule has 122 valence electrons. The molecule has 0 heterocycles. The topological polar surface area (TPSA) is 0 Å². The fourth-order valence-corrected chi connectivity index (χ4v) is 7.58. The molecule has 0 nitrogen and oxygen atoms in total. The van der Waals surface area contributed by atoms with Gasteiger partial charge in [-0.15, -0.1) is 0 Å². The monoisotopic (exact) mass is 446 g/mol. The quantitative estimate of drug-likeness (QED) is 0.465. The molecule has 0 unspecified atom stereocenters. The summed E-state index contributed by atoms with van der Waals surface area (Å²) in [6.45, 7) is 0. The van der Waals surface area contributed by atoms with Crippen molar-refractivity contribution in [2.45, 2.75) is 17.1 Å². The van der Waals surface area contributed by atoms with Crippen LogP contribution in [0.1, 0.15) is 5.56 Å². The van der Waals surface area contributed by atoms with E-state index in [1.54, 1.807) is 0 Å². The number of hydrogen-bond donors (Lipinski definition) is 0. The zero-order valence-corrected chi connectivity index (χ0v) is 17.1. The van der Waals surface area contributed by atoms with E-state index < -0.39 is 0 Å². The van der Waals surface area contributed by atoms with Gasteiger partial charge in [0.2, 0.25) is 0 Å². The van der Waals surface area contributed by atoms with Gasteiger partial charge in [0.25, 0.3) is 0 Å². The van der Waals surface area contributed by atoms with Gasteiger partial charge in [-0.1, -0.05) is 0 Å². The number of rotatable bonds is 8. The van der Waals surface area contributed by atoms with E-state index in [4.69, 9.17) is 0 Å². The van der Waals surface area contributed by atoms with Gasteiger partial charge >= 0.3 is 158 Å². The molecule has 0 saturated carbocycles. The van der Waals surface area contributed by atoms with E-state index in [9.17, 15) is 0 Å². The summed E-state index contributed by atoms with van der Waals surface area (Å²) < 4.78 is 3.05. The molecular weight excluding hydrogens is 422 g/mol. The average Bonchev–Trinajstić information content (AvgIpc) is 2.66. The second-order valence-corrected chi connectivity index (χ2v) is 10.4. The van der Waals surface area contributed by atoms with Crippen LogP contribution in [-0.2, 0) is 6.42 Å².